The molecule has 0 saturated heterocycles. The first kappa shape index (κ1) is 20.6. The maximum Gasteiger partial charge on any atom is 0.351 e. The van der Waals surface area contributed by atoms with Crippen molar-refractivity contribution in [3.63, 3.8) is 0 Å². The number of para-hydroxylation sites is 1. The minimum absolute atomic E-state index is 0.168. The predicted molar refractivity (Wildman–Crippen MR) is 122 cm³/mol. The maximum absolute atomic E-state index is 13.7. The van der Waals surface area contributed by atoms with Crippen molar-refractivity contribution in [3.05, 3.63) is 94.7 Å². The van der Waals surface area contributed by atoms with Gasteiger partial charge in [-0.3, -0.25) is 9.36 Å². The molecule has 0 unspecified atom stereocenters. The fraction of sp³-hybridized carbons (Fsp3) is 0.120. The van der Waals surface area contributed by atoms with E-state index in [4.69, 9.17) is 4.74 Å². The van der Waals surface area contributed by atoms with Crippen molar-refractivity contribution in [2.75, 3.05) is 6.61 Å². The molecule has 0 saturated carbocycles. The van der Waals surface area contributed by atoms with Gasteiger partial charge in [0.25, 0.3) is 0 Å². The Balaban J connectivity index is 1.61. The lowest BCUT2D eigenvalue weighted by molar-refractivity contribution is 0.0971. The molecule has 5 rings (SSSR count). The molecular weight excluding hydrogens is 423 g/mol. The van der Waals surface area contributed by atoms with Crippen molar-refractivity contribution < 1.29 is 13.9 Å². The van der Waals surface area contributed by atoms with Crippen LogP contribution >= 0.6 is 0 Å². The summed E-state index contributed by atoms with van der Waals surface area (Å²) in [5.74, 6) is 0.252. The highest BCUT2D eigenvalue weighted by Crippen LogP contribution is 2.22. The number of nitrogens with zero attached hydrogens (tertiary/aromatic N) is 4. The summed E-state index contributed by atoms with van der Waals surface area (Å²) in [6.07, 6.45) is 0. The van der Waals surface area contributed by atoms with Gasteiger partial charge >= 0.3 is 5.69 Å². The monoisotopic (exact) mass is 442 g/mol. The molecule has 164 valence electrons. The second-order valence-corrected chi connectivity index (χ2v) is 7.45. The van der Waals surface area contributed by atoms with Crippen molar-refractivity contribution in [1.29, 1.82) is 0 Å². The molecule has 0 atom stereocenters. The molecule has 0 N–H and O–H groups in total. The van der Waals surface area contributed by atoms with Crippen LogP contribution in [0, 0.1) is 5.82 Å². The van der Waals surface area contributed by atoms with Gasteiger partial charge in [-0.25, -0.2) is 14.2 Å². The van der Waals surface area contributed by atoms with Gasteiger partial charge in [0.2, 0.25) is 0 Å². The van der Waals surface area contributed by atoms with Gasteiger partial charge in [-0.05, 0) is 55.5 Å². The zero-order valence-electron chi connectivity index (χ0n) is 17.7. The Morgan fingerprint density at radius 3 is 2.58 bits per heavy atom. The number of carbonyl (C=O) groups excluding carboxylic acids is 1. The van der Waals surface area contributed by atoms with Gasteiger partial charge in [0.1, 0.15) is 11.6 Å². The molecule has 0 amide bonds. The second kappa shape index (κ2) is 8.31. The molecule has 8 heteroatoms. The molecule has 0 aliphatic rings. The molecule has 0 radical (unpaired) electrons. The van der Waals surface area contributed by atoms with Crippen LogP contribution in [0.15, 0.2) is 77.6 Å². The Bertz CT molecular complexity index is 1550. The molecule has 2 heterocycles. The lowest BCUT2D eigenvalue weighted by Crippen LogP contribution is -2.30. The third kappa shape index (κ3) is 3.76. The summed E-state index contributed by atoms with van der Waals surface area (Å²) in [6.45, 7) is 2.25. The summed E-state index contributed by atoms with van der Waals surface area (Å²) in [4.78, 5) is 30.8. The van der Waals surface area contributed by atoms with Crippen LogP contribution in [0.3, 0.4) is 0 Å². The second-order valence-electron chi connectivity index (χ2n) is 7.45. The van der Waals surface area contributed by atoms with Gasteiger partial charge in [-0.15, -0.1) is 5.10 Å². The third-order valence-corrected chi connectivity index (χ3v) is 5.33. The Kier molecular flexibility index (Phi) is 5.18. The van der Waals surface area contributed by atoms with Crippen molar-refractivity contribution in [2.45, 2.75) is 13.5 Å². The standard InChI is InChI=1S/C25H19FN4O3/c1-2-33-19-12-10-16(11-13-19)22(31)15-29-21-9-4-3-8-20(21)24-27-23(28-30(24)25(29)32)17-6-5-7-18(26)14-17/h3-14H,2,15H2,1H3. The van der Waals surface area contributed by atoms with Gasteiger partial charge in [-0.2, -0.15) is 4.52 Å². The number of ether oxygens (including phenoxy) is 1. The zero-order valence-corrected chi connectivity index (χ0v) is 17.7. The van der Waals surface area contributed by atoms with Crippen molar-refractivity contribution in [3.8, 4) is 17.1 Å². The minimum Gasteiger partial charge on any atom is -0.494 e. The predicted octanol–water partition coefficient (Wildman–Crippen LogP) is 4.13. The summed E-state index contributed by atoms with van der Waals surface area (Å²) in [6, 6.07) is 19.9. The fourth-order valence-electron chi connectivity index (χ4n) is 3.78. The van der Waals surface area contributed by atoms with E-state index in [1.165, 1.54) is 16.7 Å². The van der Waals surface area contributed by atoms with E-state index in [-0.39, 0.29) is 18.2 Å². The highest BCUT2D eigenvalue weighted by atomic mass is 19.1. The maximum atomic E-state index is 13.7. The molecule has 0 fully saturated rings. The molecule has 7 nitrogen and oxygen atoms in total. The van der Waals surface area contributed by atoms with Crippen molar-refractivity contribution in [1.82, 2.24) is 19.2 Å². The van der Waals surface area contributed by atoms with Crippen LogP contribution in [0.5, 0.6) is 5.75 Å². The van der Waals surface area contributed by atoms with Gasteiger partial charge in [0, 0.05) is 16.5 Å². The molecular formula is C25H19FN4O3. The topological polar surface area (TPSA) is 78.5 Å². The lowest BCUT2D eigenvalue weighted by atomic mass is 10.1. The van der Waals surface area contributed by atoms with Crippen LogP contribution in [0.25, 0.3) is 27.9 Å². The van der Waals surface area contributed by atoms with E-state index in [9.17, 15) is 14.0 Å². The molecule has 0 aliphatic carbocycles. The Hall–Kier alpha value is -4.33. The summed E-state index contributed by atoms with van der Waals surface area (Å²) >= 11 is 0. The highest BCUT2D eigenvalue weighted by Gasteiger charge is 2.18. The molecule has 0 aliphatic heterocycles. The number of fused-ring (bicyclic) bond motifs is 3. The first-order valence-electron chi connectivity index (χ1n) is 10.5. The average molecular weight is 442 g/mol. The van der Waals surface area contributed by atoms with E-state index in [0.29, 0.717) is 40.0 Å². The van der Waals surface area contributed by atoms with Crippen molar-refractivity contribution in [2.24, 2.45) is 0 Å². The number of hydrogen-bond donors (Lipinski definition) is 0. The highest BCUT2D eigenvalue weighted by molar-refractivity contribution is 5.98. The Morgan fingerprint density at radius 2 is 1.82 bits per heavy atom. The van der Waals surface area contributed by atoms with Crippen LogP contribution < -0.4 is 10.4 Å². The number of rotatable bonds is 6. The van der Waals surface area contributed by atoms with E-state index in [2.05, 4.69) is 10.1 Å². The molecule has 2 aromatic heterocycles. The number of aromatic nitrogens is 4. The van der Waals surface area contributed by atoms with E-state index in [0.717, 1.165) is 4.52 Å². The normalized spacial score (nSPS) is 11.2. The number of ketones is 1. The zero-order chi connectivity index (χ0) is 22.9. The SMILES string of the molecule is CCOc1ccc(C(=O)Cn2c(=O)n3nc(-c4cccc(F)c4)nc3c3ccccc32)cc1. The van der Waals surface area contributed by atoms with Gasteiger partial charge in [0.05, 0.1) is 18.7 Å². The molecule has 0 bridgehead atoms. The van der Waals surface area contributed by atoms with Crippen LogP contribution in [-0.4, -0.2) is 31.6 Å². The molecule has 0 spiro atoms. The molecule has 33 heavy (non-hydrogen) atoms. The van der Waals surface area contributed by atoms with Gasteiger partial charge < -0.3 is 4.74 Å². The summed E-state index contributed by atoms with van der Waals surface area (Å²) in [5, 5.41) is 4.98. The van der Waals surface area contributed by atoms with Crippen LogP contribution in [0.1, 0.15) is 17.3 Å². The number of benzene rings is 3. The largest absolute Gasteiger partial charge is 0.494 e. The fourth-order valence-corrected chi connectivity index (χ4v) is 3.78. The minimum atomic E-state index is -0.502. The van der Waals surface area contributed by atoms with E-state index in [1.54, 1.807) is 48.5 Å². The van der Waals surface area contributed by atoms with Crippen LogP contribution in [0.2, 0.25) is 0 Å². The number of hydrogen-bond acceptors (Lipinski definition) is 5. The van der Waals surface area contributed by atoms with E-state index < -0.39 is 11.5 Å². The first-order valence-corrected chi connectivity index (χ1v) is 10.5. The van der Waals surface area contributed by atoms with E-state index in [1.807, 2.05) is 19.1 Å². The van der Waals surface area contributed by atoms with Crippen LogP contribution in [0.4, 0.5) is 4.39 Å². The number of halogens is 1. The van der Waals surface area contributed by atoms with Gasteiger partial charge in [-0.1, -0.05) is 24.3 Å². The summed E-state index contributed by atoms with van der Waals surface area (Å²) in [5.41, 5.74) is 1.33. The molecule has 5 aromatic rings. The first-order chi connectivity index (χ1) is 16.0. The van der Waals surface area contributed by atoms with Crippen molar-refractivity contribution >= 4 is 22.3 Å². The number of carbonyl (C=O) groups is 1. The summed E-state index contributed by atoms with van der Waals surface area (Å²) < 4.78 is 21.7. The van der Waals surface area contributed by atoms with E-state index >= 15 is 0 Å². The molecule has 3 aromatic carbocycles. The van der Waals surface area contributed by atoms with Gasteiger partial charge in [0.15, 0.2) is 17.3 Å². The Morgan fingerprint density at radius 1 is 1.03 bits per heavy atom. The smallest absolute Gasteiger partial charge is 0.351 e. The summed E-state index contributed by atoms with van der Waals surface area (Å²) in [7, 11) is 0. The number of Topliss-reactive ketones (excluding diaryl/α,β-unsaturated/α-hetero) is 1. The third-order valence-electron chi connectivity index (χ3n) is 5.33. The average Bonchev–Trinajstić information content (AvgIpc) is 3.28. The Labute approximate surface area is 187 Å². The van der Waals surface area contributed by atoms with Crippen LogP contribution in [-0.2, 0) is 6.54 Å². The quantitative estimate of drug-likeness (QED) is 0.370. The lowest BCUT2D eigenvalue weighted by Gasteiger charge is -2.11.